The average Bonchev–Trinajstić information content (AvgIpc) is 3.55. The van der Waals surface area contributed by atoms with E-state index in [1.165, 1.54) is 16.5 Å². The highest BCUT2D eigenvalue weighted by Gasteiger charge is 2.39. The third kappa shape index (κ3) is 4.46. The van der Waals surface area contributed by atoms with Crippen LogP contribution in [0.4, 0.5) is 5.82 Å². The van der Waals surface area contributed by atoms with Crippen LogP contribution in [0.2, 0.25) is 0 Å². The van der Waals surface area contributed by atoms with Crippen LogP contribution in [0, 0.1) is 6.92 Å². The number of hydrogen-bond donors (Lipinski definition) is 0. The minimum Gasteiger partial charge on any atom is -0.336 e. The smallest absolute Gasteiger partial charge is 0.260 e. The largest absolute Gasteiger partial charge is 0.336 e. The van der Waals surface area contributed by atoms with Crippen molar-refractivity contribution in [2.24, 2.45) is 0 Å². The van der Waals surface area contributed by atoms with Crippen LogP contribution < -0.4 is 4.48 Å². The lowest BCUT2D eigenvalue weighted by Gasteiger charge is -2.32. The van der Waals surface area contributed by atoms with Gasteiger partial charge in [-0.3, -0.25) is 9.36 Å². The SMILES string of the molecule is Cc1ccc(Cn2cncc2[N+]2(C)C=C(C(=O)N3CCN(C)CC3)C(c3cccc4ccccc34)=C2)cc1. The Hall–Kier alpha value is -4.00. The van der Waals surface area contributed by atoms with Crippen LogP contribution in [0.1, 0.15) is 16.7 Å². The topological polar surface area (TPSA) is 41.4 Å². The van der Waals surface area contributed by atoms with Crippen LogP contribution in [0.25, 0.3) is 16.3 Å². The van der Waals surface area contributed by atoms with Gasteiger partial charge < -0.3 is 9.80 Å². The second-order valence-electron chi connectivity index (χ2n) is 10.7. The highest BCUT2D eigenvalue weighted by molar-refractivity contribution is 6.14. The first-order chi connectivity index (χ1) is 18.4. The first-order valence-electron chi connectivity index (χ1n) is 13.3. The molecule has 2 aliphatic rings. The van der Waals surface area contributed by atoms with Crippen molar-refractivity contribution in [1.82, 2.24) is 23.8 Å². The zero-order chi connectivity index (χ0) is 26.3. The highest BCUT2D eigenvalue weighted by atomic mass is 16.2. The van der Waals surface area contributed by atoms with Gasteiger partial charge in [-0.2, -0.15) is 0 Å². The maximum Gasteiger partial charge on any atom is 0.260 e. The van der Waals surface area contributed by atoms with E-state index in [-0.39, 0.29) is 5.91 Å². The summed E-state index contributed by atoms with van der Waals surface area (Å²) in [4.78, 5) is 22.9. The van der Waals surface area contributed by atoms with Crippen LogP contribution in [0.3, 0.4) is 0 Å². The second-order valence-corrected chi connectivity index (χ2v) is 10.7. The number of imidazole rings is 1. The molecule has 192 valence electrons. The molecule has 1 unspecified atom stereocenters. The molecule has 38 heavy (non-hydrogen) atoms. The Morgan fingerprint density at radius 2 is 1.66 bits per heavy atom. The van der Waals surface area contributed by atoms with Gasteiger partial charge in [0, 0.05) is 26.2 Å². The van der Waals surface area contributed by atoms with E-state index in [1.54, 1.807) is 0 Å². The molecule has 0 aliphatic carbocycles. The summed E-state index contributed by atoms with van der Waals surface area (Å²) in [7, 11) is 4.25. The lowest BCUT2D eigenvalue weighted by atomic mass is 9.94. The number of amides is 1. The van der Waals surface area contributed by atoms with Gasteiger partial charge in [0.15, 0.2) is 0 Å². The molecule has 6 nitrogen and oxygen atoms in total. The van der Waals surface area contributed by atoms with Crippen molar-refractivity contribution >= 4 is 28.1 Å². The van der Waals surface area contributed by atoms with E-state index in [4.69, 9.17) is 0 Å². The van der Waals surface area contributed by atoms with E-state index in [0.29, 0.717) is 4.48 Å². The molecule has 6 heteroatoms. The van der Waals surface area contributed by atoms with Gasteiger partial charge in [-0.1, -0.05) is 72.3 Å². The minimum atomic E-state index is 0.101. The number of piperazine rings is 1. The van der Waals surface area contributed by atoms with Gasteiger partial charge in [-0.05, 0) is 35.9 Å². The third-order valence-electron chi connectivity index (χ3n) is 7.84. The second kappa shape index (κ2) is 9.71. The molecule has 0 spiro atoms. The van der Waals surface area contributed by atoms with Gasteiger partial charge in [-0.25, -0.2) is 9.47 Å². The first-order valence-corrected chi connectivity index (χ1v) is 13.3. The molecule has 1 atom stereocenters. The van der Waals surface area contributed by atoms with Crippen LogP contribution in [-0.2, 0) is 11.3 Å². The molecule has 1 fully saturated rings. The highest BCUT2D eigenvalue weighted by Crippen LogP contribution is 2.40. The summed E-state index contributed by atoms with van der Waals surface area (Å²) in [5.74, 6) is 1.12. The number of carbonyl (C=O) groups excluding carboxylic acids is 1. The Morgan fingerprint density at radius 3 is 2.45 bits per heavy atom. The molecule has 1 saturated heterocycles. The van der Waals surface area contributed by atoms with Gasteiger partial charge in [-0.15, -0.1) is 0 Å². The Labute approximate surface area is 224 Å². The number of carbonyl (C=O) groups is 1. The number of benzene rings is 3. The van der Waals surface area contributed by atoms with E-state index >= 15 is 0 Å². The van der Waals surface area contributed by atoms with E-state index in [1.807, 2.05) is 17.4 Å². The summed E-state index contributed by atoms with van der Waals surface area (Å²) in [5, 5.41) is 2.32. The number of quaternary nitrogens is 1. The molecule has 6 rings (SSSR count). The molecule has 0 bridgehead atoms. The van der Waals surface area contributed by atoms with Crippen LogP contribution >= 0.6 is 0 Å². The quantitative estimate of drug-likeness (QED) is 0.358. The lowest BCUT2D eigenvalue weighted by Crippen LogP contribution is -2.47. The Bertz CT molecular complexity index is 1550. The van der Waals surface area contributed by atoms with Gasteiger partial charge in [0.2, 0.25) is 5.82 Å². The third-order valence-corrected chi connectivity index (χ3v) is 7.84. The fourth-order valence-corrected chi connectivity index (χ4v) is 5.60. The number of nitrogens with zero attached hydrogens (tertiary/aromatic N) is 5. The summed E-state index contributed by atoms with van der Waals surface area (Å²) < 4.78 is 2.56. The summed E-state index contributed by atoms with van der Waals surface area (Å²) in [6, 6.07) is 23.4. The summed E-state index contributed by atoms with van der Waals surface area (Å²) in [6.45, 7) is 6.08. The number of hydrogen-bond acceptors (Lipinski definition) is 3. The molecular weight excluding hydrogens is 470 g/mol. The van der Waals surface area contributed by atoms with E-state index in [0.717, 1.165) is 60.6 Å². The number of fused-ring (bicyclic) bond motifs is 1. The Balaban J connectivity index is 1.45. The molecule has 2 aliphatic heterocycles. The molecule has 4 aromatic rings. The average molecular weight is 505 g/mol. The fourth-order valence-electron chi connectivity index (χ4n) is 5.60. The number of aromatic nitrogens is 2. The lowest BCUT2D eigenvalue weighted by molar-refractivity contribution is -0.128. The van der Waals surface area contributed by atoms with E-state index in [9.17, 15) is 4.79 Å². The summed E-state index contributed by atoms with van der Waals surface area (Å²) >= 11 is 0. The van der Waals surface area contributed by atoms with Gasteiger partial charge >= 0.3 is 0 Å². The van der Waals surface area contributed by atoms with Crippen molar-refractivity contribution in [3.63, 3.8) is 0 Å². The van der Waals surface area contributed by atoms with Gasteiger partial charge in [0.25, 0.3) is 5.91 Å². The summed E-state index contributed by atoms with van der Waals surface area (Å²) in [5.41, 5.74) is 5.29. The Morgan fingerprint density at radius 1 is 0.921 bits per heavy atom. The number of likely N-dealkylation sites (N-methyl/N-ethyl adjacent to an activating group) is 1. The van der Waals surface area contributed by atoms with Crippen molar-refractivity contribution in [2.45, 2.75) is 13.5 Å². The predicted molar refractivity (Wildman–Crippen MR) is 154 cm³/mol. The van der Waals surface area contributed by atoms with Crippen molar-refractivity contribution in [2.75, 3.05) is 40.3 Å². The molecule has 1 aromatic heterocycles. The standard InChI is InChI=1S/C32H34N5O/c1-24-11-13-25(14-12-24)20-36-23-33-19-31(36)37(3)21-29(28-10-6-8-26-7-4-5-9-27(26)28)30(22-37)32(38)35-17-15-34(2)16-18-35/h4-14,19,21-23H,15-18,20H2,1-3H3/q+1. The minimum absolute atomic E-state index is 0.101. The molecule has 3 aromatic carbocycles. The molecule has 3 heterocycles. The van der Waals surface area contributed by atoms with Crippen molar-refractivity contribution in [3.05, 3.63) is 114 Å². The van der Waals surface area contributed by atoms with E-state index in [2.05, 4.69) is 115 Å². The van der Waals surface area contributed by atoms with E-state index < -0.39 is 0 Å². The number of rotatable bonds is 5. The molecule has 1 amide bonds. The monoisotopic (exact) mass is 504 g/mol. The number of aryl methyl sites for hydroxylation is 1. The van der Waals surface area contributed by atoms with Crippen LogP contribution in [-0.4, -0.2) is 65.5 Å². The first kappa shape index (κ1) is 24.3. The van der Waals surface area contributed by atoms with Crippen molar-refractivity contribution < 1.29 is 4.79 Å². The maximum atomic E-state index is 14.1. The predicted octanol–water partition coefficient (Wildman–Crippen LogP) is 5.04. The van der Waals surface area contributed by atoms with Crippen LogP contribution in [0.5, 0.6) is 0 Å². The van der Waals surface area contributed by atoms with Crippen molar-refractivity contribution in [1.29, 1.82) is 0 Å². The normalized spacial score (nSPS) is 20.0. The zero-order valence-electron chi connectivity index (χ0n) is 22.3. The Kier molecular flexibility index (Phi) is 6.22. The molecule has 0 N–H and O–H groups in total. The molecular formula is C32H34N5O+. The van der Waals surface area contributed by atoms with Crippen LogP contribution in [0.15, 0.2) is 97.2 Å². The molecule has 0 saturated carbocycles. The van der Waals surface area contributed by atoms with Gasteiger partial charge in [0.1, 0.15) is 24.2 Å². The molecule has 0 radical (unpaired) electrons. The zero-order valence-corrected chi connectivity index (χ0v) is 22.3. The fraction of sp³-hybridized carbons (Fsp3) is 0.250. The van der Waals surface area contributed by atoms with Crippen molar-refractivity contribution in [3.8, 4) is 0 Å². The van der Waals surface area contributed by atoms with Gasteiger partial charge in [0.05, 0.1) is 25.5 Å². The summed E-state index contributed by atoms with van der Waals surface area (Å²) in [6.07, 6.45) is 8.14. The maximum absolute atomic E-state index is 14.1.